The van der Waals surface area contributed by atoms with E-state index in [-0.39, 0.29) is 6.61 Å². The summed E-state index contributed by atoms with van der Waals surface area (Å²) in [6.07, 6.45) is 16.3. The van der Waals surface area contributed by atoms with Gasteiger partial charge in [-0.15, -0.1) is 0 Å². The Balaban J connectivity index is 3.03. The summed E-state index contributed by atoms with van der Waals surface area (Å²) in [4.78, 5) is 0. The maximum absolute atomic E-state index is 8.58. The first kappa shape index (κ1) is 44.6. The smallest absolute Gasteiger partial charge is 0.0701 e. The number of aliphatic hydroxyl groups is 1. The molecule has 0 spiro atoms. The number of ether oxygens (including phenoxy) is 10. The van der Waals surface area contributed by atoms with Crippen molar-refractivity contribution in [1.29, 1.82) is 0 Å². The quantitative estimate of drug-likeness (QED) is 0.0913. The molecule has 0 saturated carbocycles. The third-order valence-corrected chi connectivity index (χ3v) is 6.73. The lowest BCUT2D eigenvalue weighted by atomic mass is 10.1. The molecule has 1 N–H and O–H groups in total. The van der Waals surface area contributed by atoms with Gasteiger partial charge in [-0.25, -0.2) is 0 Å². The second-order valence-corrected chi connectivity index (χ2v) is 10.7. The van der Waals surface area contributed by atoms with Crippen LogP contribution in [0.1, 0.15) is 84.0 Å². The highest BCUT2D eigenvalue weighted by atomic mass is 16.6. The van der Waals surface area contributed by atoms with Crippen LogP contribution in [0, 0.1) is 0 Å². The van der Waals surface area contributed by atoms with Gasteiger partial charge in [0.05, 0.1) is 132 Å². The summed E-state index contributed by atoms with van der Waals surface area (Å²) < 4.78 is 54.5. The highest BCUT2D eigenvalue weighted by Gasteiger charge is 1.97. The van der Waals surface area contributed by atoms with Crippen LogP contribution >= 0.6 is 0 Å². The van der Waals surface area contributed by atoms with E-state index >= 15 is 0 Å². The molecule has 0 radical (unpaired) electrons. The molecule has 0 unspecified atom stereocenters. The molecule has 272 valence electrons. The number of aliphatic hydroxyl groups excluding tert-OH is 1. The summed E-state index contributed by atoms with van der Waals surface area (Å²) in [5, 5.41) is 8.58. The van der Waals surface area contributed by atoms with E-state index in [4.69, 9.17) is 52.5 Å². The Hall–Kier alpha value is -0.440. The number of hydrogen-bond donors (Lipinski definition) is 1. The van der Waals surface area contributed by atoms with Crippen LogP contribution in [-0.2, 0) is 47.4 Å². The summed E-state index contributed by atoms with van der Waals surface area (Å²) in [6.45, 7) is 13.1. The summed E-state index contributed by atoms with van der Waals surface area (Å²) >= 11 is 0. The first-order valence-electron chi connectivity index (χ1n) is 17.8. The Labute approximate surface area is 275 Å². The van der Waals surface area contributed by atoms with Gasteiger partial charge in [-0.3, -0.25) is 0 Å². The molecule has 0 aliphatic carbocycles. The van der Waals surface area contributed by atoms with Crippen molar-refractivity contribution in [2.75, 3.05) is 139 Å². The van der Waals surface area contributed by atoms with Crippen molar-refractivity contribution in [1.82, 2.24) is 0 Å². The van der Waals surface area contributed by atoms with Crippen LogP contribution < -0.4 is 0 Å². The van der Waals surface area contributed by atoms with Gasteiger partial charge in [0.2, 0.25) is 0 Å². The molecule has 0 fully saturated rings. The average molecular weight is 655 g/mol. The summed E-state index contributed by atoms with van der Waals surface area (Å²) in [5.41, 5.74) is 0. The van der Waals surface area contributed by atoms with E-state index < -0.39 is 0 Å². The highest BCUT2D eigenvalue weighted by Crippen LogP contribution is 2.11. The zero-order chi connectivity index (χ0) is 32.4. The first-order valence-corrected chi connectivity index (χ1v) is 17.8. The molecular formula is C34H70O11. The van der Waals surface area contributed by atoms with Gasteiger partial charge in [-0.2, -0.15) is 0 Å². The number of rotatable bonds is 42. The first-order chi connectivity index (χ1) is 22.4. The lowest BCUT2D eigenvalue weighted by molar-refractivity contribution is -0.0268. The van der Waals surface area contributed by atoms with Crippen molar-refractivity contribution in [3.63, 3.8) is 0 Å². The average Bonchev–Trinajstić information content (AvgIpc) is 3.05. The topological polar surface area (TPSA) is 113 Å². The molecule has 45 heavy (non-hydrogen) atoms. The van der Waals surface area contributed by atoms with E-state index in [2.05, 4.69) is 6.92 Å². The third-order valence-electron chi connectivity index (χ3n) is 6.73. The maximum atomic E-state index is 8.58. The van der Waals surface area contributed by atoms with Crippen molar-refractivity contribution in [2.24, 2.45) is 0 Å². The highest BCUT2D eigenvalue weighted by molar-refractivity contribution is 4.48. The fourth-order valence-corrected chi connectivity index (χ4v) is 4.19. The molecule has 0 aromatic carbocycles. The Morgan fingerprint density at radius 1 is 0.244 bits per heavy atom. The van der Waals surface area contributed by atoms with Crippen LogP contribution in [0.3, 0.4) is 0 Å². The van der Waals surface area contributed by atoms with E-state index in [1.54, 1.807) is 0 Å². The van der Waals surface area contributed by atoms with Gasteiger partial charge in [0.1, 0.15) is 0 Å². The minimum absolute atomic E-state index is 0.0303. The van der Waals surface area contributed by atoms with Crippen LogP contribution in [0.4, 0.5) is 0 Å². The lowest BCUT2D eigenvalue weighted by Gasteiger charge is -2.09. The minimum atomic E-state index is 0.0303. The van der Waals surface area contributed by atoms with Gasteiger partial charge in [0.25, 0.3) is 0 Å². The molecule has 0 aromatic heterocycles. The molecule has 0 rings (SSSR count). The number of unbranched alkanes of at least 4 members (excludes halogenated alkanes) is 11. The van der Waals surface area contributed by atoms with Crippen molar-refractivity contribution < 1.29 is 52.5 Å². The van der Waals surface area contributed by atoms with Crippen LogP contribution in [-0.4, -0.2) is 144 Å². The van der Waals surface area contributed by atoms with Gasteiger partial charge in [-0.1, -0.05) is 77.6 Å². The van der Waals surface area contributed by atoms with E-state index in [1.165, 1.54) is 70.6 Å². The van der Waals surface area contributed by atoms with Crippen LogP contribution in [0.25, 0.3) is 0 Å². The zero-order valence-electron chi connectivity index (χ0n) is 28.9. The van der Waals surface area contributed by atoms with Gasteiger partial charge >= 0.3 is 0 Å². The molecule has 11 nitrogen and oxygen atoms in total. The second kappa shape index (κ2) is 43.6. The summed E-state index contributed by atoms with van der Waals surface area (Å²) in [7, 11) is 0. The molecule has 0 saturated heterocycles. The van der Waals surface area contributed by atoms with Crippen LogP contribution in [0.2, 0.25) is 0 Å². The van der Waals surface area contributed by atoms with Crippen molar-refractivity contribution in [3.8, 4) is 0 Å². The fraction of sp³-hybridized carbons (Fsp3) is 1.00. The molecule has 0 amide bonds. The van der Waals surface area contributed by atoms with Gasteiger partial charge < -0.3 is 52.5 Å². The SMILES string of the molecule is CCCCCCCCCCCCCCOCCOCCOCCOCCOCCOCCOCCOCCOCCOCCO. The van der Waals surface area contributed by atoms with Gasteiger partial charge in [-0.05, 0) is 6.42 Å². The monoisotopic (exact) mass is 654 g/mol. The van der Waals surface area contributed by atoms with E-state index in [0.717, 1.165) is 13.0 Å². The number of hydrogen-bond acceptors (Lipinski definition) is 11. The normalized spacial score (nSPS) is 11.6. The molecule has 0 aliphatic rings. The molecule has 0 aliphatic heterocycles. The van der Waals surface area contributed by atoms with Gasteiger partial charge in [0, 0.05) is 6.61 Å². The summed E-state index contributed by atoms with van der Waals surface area (Å²) in [5.74, 6) is 0. The van der Waals surface area contributed by atoms with Crippen LogP contribution in [0.5, 0.6) is 0 Å². The predicted molar refractivity (Wildman–Crippen MR) is 176 cm³/mol. The molecule has 11 heteroatoms. The van der Waals surface area contributed by atoms with E-state index in [1.807, 2.05) is 0 Å². The largest absolute Gasteiger partial charge is 0.394 e. The second-order valence-electron chi connectivity index (χ2n) is 10.7. The molecule has 0 bridgehead atoms. The predicted octanol–water partition coefficient (Wildman–Crippen LogP) is 4.85. The Morgan fingerprint density at radius 2 is 0.444 bits per heavy atom. The standard InChI is InChI=1S/C34H70O11/c1-2-3-4-5-6-7-8-9-10-11-12-13-15-36-17-19-38-21-23-40-25-27-42-29-31-44-33-34-45-32-30-43-28-26-41-24-22-39-20-18-37-16-14-35/h35H,2-34H2,1H3. The van der Waals surface area contributed by atoms with E-state index in [9.17, 15) is 0 Å². The molecule has 0 aromatic rings. The van der Waals surface area contributed by atoms with Crippen molar-refractivity contribution in [2.45, 2.75) is 84.0 Å². The van der Waals surface area contributed by atoms with Crippen molar-refractivity contribution >= 4 is 0 Å². The minimum Gasteiger partial charge on any atom is -0.394 e. The van der Waals surface area contributed by atoms with Gasteiger partial charge in [0.15, 0.2) is 0 Å². The Morgan fingerprint density at radius 3 is 0.689 bits per heavy atom. The van der Waals surface area contributed by atoms with E-state index in [0.29, 0.717) is 126 Å². The summed E-state index contributed by atoms with van der Waals surface area (Å²) in [6, 6.07) is 0. The lowest BCUT2D eigenvalue weighted by Crippen LogP contribution is -2.15. The third kappa shape index (κ3) is 43.6. The Bertz CT molecular complexity index is 461. The van der Waals surface area contributed by atoms with Crippen LogP contribution in [0.15, 0.2) is 0 Å². The van der Waals surface area contributed by atoms with Crippen molar-refractivity contribution in [3.05, 3.63) is 0 Å². The molecule has 0 heterocycles. The molecular weight excluding hydrogens is 584 g/mol. The molecule has 0 atom stereocenters. The maximum Gasteiger partial charge on any atom is 0.0701 e. The zero-order valence-corrected chi connectivity index (χ0v) is 28.9. The Kier molecular flexibility index (Phi) is 43.1. The fourth-order valence-electron chi connectivity index (χ4n) is 4.19.